The van der Waals surface area contributed by atoms with Crippen LogP contribution in [0.4, 0.5) is 4.79 Å². The Hall–Kier alpha value is -2.28. The number of hydrogen-bond acceptors (Lipinski definition) is 4. The summed E-state index contributed by atoms with van der Waals surface area (Å²) >= 11 is 1.27. The Morgan fingerprint density at radius 2 is 2.00 bits per heavy atom. The van der Waals surface area contributed by atoms with Crippen LogP contribution in [-0.4, -0.2) is 26.7 Å². The van der Waals surface area contributed by atoms with E-state index < -0.39 is 17.2 Å². The second kappa shape index (κ2) is 6.45. The molecule has 1 heterocycles. The molecule has 3 N–H and O–H groups in total. The molecule has 0 aliphatic rings. The average Bonchev–Trinajstić information content (AvgIpc) is 2.80. The van der Waals surface area contributed by atoms with Crippen LogP contribution < -0.4 is 11.1 Å². The molecule has 7 heteroatoms. The van der Waals surface area contributed by atoms with Crippen molar-refractivity contribution in [2.24, 2.45) is 12.8 Å². The fourth-order valence-corrected chi connectivity index (χ4v) is 2.67. The van der Waals surface area contributed by atoms with E-state index in [0.717, 1.165) is 11.3 Å². The number of benzene rings is 1. The number of imidazole rings is 1. The normalized spacial score (nSPS) is 11.9. The number of nitrogens with zero attached hydrogens (tertiary/aromatic N) is 2. The Kier molecular flexibility index (Phi) is 4.64. The highest BCUT2D eigenvalue weighted by atomic mass is 32.2. The molecule has 0 saturated heterocycles. The van der Waals surface area contributed by atoms with E-state index in [1.807, 2.05) is 41.9 Å². The van der Waals surface area contributed by atoms with Gasteiger partial charge < -0.3 is 10.3 Å². The van der Waals surface area contributed by atoms with Gasteiger partial charge in [-0.25, -0.2) is 9.78 Å². The molecular weight excluding hydrogens is 288 g/mol. The average molecular weight is 304 g/mol. The van der Waals surface area contributed by atoms with E-state index in [1.54, 1.807) is 13.1 Å². The SMILES string of the molecule is C[C@@H](Sc1ncc(-c2ccccc2)n1C)C(=O)NC(N)=O. The van der Waals surface area contributed by atoms with E-state index in [2.05, 4.69) is 10.3 Å². The third-order valence-electron chi connectivity index (χ3n) is 2.91. The number of aromatic nitrogens is 2. The number of nitrogens with two attached hydrogens (primary N) is 1. The molecular formula is C14H16N4O2S. The number of primary amides is 1. The minimum absolute atomic E-state index is 0.434. The van der Waals surface area contributed by atoms with E-state index in [4.69, 9.17) is 5.73 Å². The van der Waals surface area contributed by atoms with E-state index in [-0.39, 0.29) is 0 Å². The maximum Gasteiger partial charge on any atom is 0.318 e. The second-order valence-corrected chi connectivity index (χ2v) is 5.77. The molecule has 0 saturated carbocycles. The van der Waals surface area contributed by atoms with Gasteiger partial charge in [-0.2, -0.15) is 0 Å². The van der Waals surface area contributed by atoms with Gasteiger partial charge in [0.2, 0.25) is 5.91 Å². The van der Waals surface area contributed by atoms with Crippen molar-refractivity contribution in [1.29, 1.82) is 0 Å². The topological polar surface area (TPSA) is 90.0 Å². The molecule has 2 rings (SSSR count). The van der Waals surface area contributed by atoms with Crippen LogP contribution in [0.5, 0.6) is 0 Å². The fraction of sp³-hybridized carbons (Fsp3) is 0.214. The summed E-state index contributed by atoms with van der Waals surface area (Å²) in [6.07, 6.45) is 1.76. The first-order valence-corrected chi connectivity index (χ1v) is 7.21. The molecule has 0 bridgehead atoms. The van der Waals surface area contributed by atoms with Crippen LogP contribution in [0.25, 0.3) is 11.3 Å². The molecule has 6 nitrogen and oxygen atoms in total. The summed E-state index contributed by atoms with van der Waals surface area (Å²) in [6, 6.07) is 9.00. The number of carbonyl (C=O) groups excluding carboxylic acids is 2. The molecule has 1 aromatic heterocycles. The predicted molar refractivity (Wildman–Crippen MR) is 81.7 cm³/mol. The third-order valence-corrected chi connectivity index (χ3v) is 4.07. The Labute approximate surface area is 126 Å². The summed E-state index contributed by atoms with van der Waals surface area (Å²) in [7, 11) is 1.89. The Morgan fingerprint density at radius 3 is 2.62 bits per heavy atom. The Balaban J connectivity index is 2.14. The fourth-order valence-electron chi connectivity index (χ4n) is 1.81. The first kappa shape index (κ1) is 15.1. The zero-order valence-electron chi connectivity index (χ0n) is 11.7. The largest absolute Gasteiger partial charge is 0.351 e. The Morgan fingerprint density at radius 1 is 1.33 bits per heavy atom. The number of rotatable bonds is 4. The minimum Gasteiger partial charge on any atom is -0.351 e. The number of urea groups is 1. The molecule has 21 heavy (non-hydrogen) atoms. The third kappa shape index (κ3) is 3.63. The van der Waals surface area contributed by atoms with Crippen molar-refractivity contribution in [3.8, 4) is 11.3 Å². The number of nitrogens with one attached hydrogen (secondary N) is 1. The number of amides is 3. The number of carbonyl (C=O) groups is 2. The first-order chi connectivity index (χ1) is 9.99. The standard InChI is InChI=1S/C14H16N4O2S/c1-9(12(19)17-13(15)20)21-14-16-8-11(18(14)2)10-6-4-3-5-7-10/h3-9H,1-2H3,(H3,15,17,19,20)/t9-/m1/s1. The van der Waals surface area contributed by atoms with Gasteiger partial charge in [0, 0.05) is 7.05 Å². The quantitative estimate of drug-likeness (QED) is 0.842. The molecule has 0 spiro atoms. The summed E-state index contributed by atoms with van der Waals surface area (Å²) in [6.45, 7) is 1.69. The lowest BCUT2D eigenvalue weighted by Crippen LogP contribution is -2.39. The van der Waals surface area contributed by atoms with Gasteiger partial charge in [0.15, 0.2) is 5.16 Å². The summed E-state index contributed by atoms with van der Waals surface area (Å²) in [5.74, 6) is -0.434. The van der Waals surface area contributed by atoms with E-state index in [0.29, 0.717) is 5.16 Å². The van der Waals surface area contributed by atoms with Crippen LogP contribution in [0.1, 0.15) is 6.92 Å². The molecule has 110 valence electrons. The van der Waals surface area contributed by atoms with Crippen LogP contribution in [-0.2, 0) is 11.8 Å². The van der Waals surface area contributed by atoms with Gasteiger partial charge in [0.1, 0.15) is 0 Å². The van der Waals surface area contributed by atoms with Crippen LogP contribution >= 0.6 is 11.8 Å². The molecule has 0 unspecified atom stereocenters. The lowest BCUT2D eigenvalue weighted by Gasteiger charge is -2.10. The van der Waals surface area contributed by atoms with Gasteiger partial charge in [-0.15, -0.1) is 0 Å². The van der Waals surface area contributed by atoms with Crippen molar-refractivity contribution < 1.29 is 9.59 Å². The summed E-state index contributed by atoms with van der Waals surface area (Å²) in [5, 5.41) is 2.29. The van der Waals surface area contributed by atoms with Crippen molar-refractivity contribution in [1.82, 2.24) is 14.9 Å². The molecule has 3 amide bonds. The zero-order chi connectivity index (χ0) is 15.4. The van der Waals surface area contributed by atoms with Crippen molar-refractivity contribution in [2.45, 2.75) is 17.3 Å². The van der Waals surface area contributed by atoms with E-state index in [1.165, 1.54) is 11.8 Å². The van der Waals surface area contributed by atoms with Crippen molar-refractivity contribution >= 4 is 23.7 Å². The zero-order valence-corrected chi connectivity index (χ0v) is 12.6. The molecule has 0 radical (unpaired) electrons. The predicted octanol–water partition coefficient (Wildman–Crippen LogP) is 1.76. The first-order valence-electron chi connectivity index (χ1n) is 6.33. The monoisotopic (exact) mass is 304 g/mol. The molecule has 2 aromatic rings. The van der Waals surface area contributed by atoms with Gasteiger partial charge in [-0.1, -0.05) is 42.1 Å². The summed E-state index contributed by atoms with van der Waals surface area (Å²) in [5.41, 5.74) is 6.94. The van der Waals surface area contributed by atoms with Crippen molar-refractivity contribution in [3.05, 3.63) is 36.5 Å². The molecule has 0 fully saturated rings. The molecule has 1 aromatic carbocycles. The van der Waals surface area contributed by atoms with Gasteiger partial charge in [0.25, 0.3) is 0 Å². The van der Waals surface area contributed by atoms with Crippen molar-refractivity contribution in [2.75, 3.05) is 0 Å². The minimum atomic E-state index is -0.850. The maximum absolute atomic E-state index is 11.7. The van der Waals surface area contributed by atoms with Gasteiger partial charge in [-0.05, 0) is 12.5 Å². The maximum atomic E-state index is 11.7. The lowest BCUT2D eigenvalue weighted by atomic mass is 10.2. The smallest absolute Gasteiger partial charge is 0.318 e. The molecule has 1 atom stereocenters. The highest BCUT2D eigenvalue weighted by Crippen LogP contribution is 2.27. The van der Waals surface area contributed by atoms with Crippen molar-refractivity contribution in [3.63, 3.8) is 0 Å². The Bertz CT molecular complexity index is 654. The van der Waals surface area contributed by atoms with Gasteiger partial charge in [-0.3, -0.25) is 10.1 Å². The van der Waals surface area contributed by atoms with Gasteiger partial charge >= 0.3 is 6.03 Å². The van der Waals surface area contributed by atoms with Crippen LogP contribution in [0.2, 0.25) is 0 Å². The van der Waals surface area contributed by atoms with Crippen LogP contribution in [0.15, 0.2) is 41.7 Å². The lowest BCUT2D eigenvalue weighted by molar-refractivity contribution is -0.119. The second-order valence-electron chi connectivity index (χ2n) is 4.46. The van der Waals surface area contributed by atoms with E-state index in [9.17, 15) is 9.59 Å². The summed E-state index contributed by atoms with van der Waals surface area (Å²) in [4.78, 5) is 26.7. The van der Waals surface area contributed by atoms with Crippen LogP contribution in [0.3, 0.4) is 0 Å². The molecule has 0 aliphatic carbocycles. The molecule has 0 aliphatic heterocycles. The number of hydrogen-bond donors (Lipinski definition) is 2. The number of imide groups is 1. The van der Waals surface area contributed by atoms with Crippen LogP contribution in [0, 0.1) is 0 Å². The van der Waals surface area contributed by atoms with Gasteiger partial charge in [0.05, 0.1) is 17.1 Å². The number of thioether (sulfide) groups is 1. The summed E-state index contributed by atoms with van der Waals surface area (Å²) < 4.78 is 1.91. The highest BCUT2D eigenvalue weighted by Gasteiger charge is 2.19. The van der Waals surface area contributed by atoms with E-state index >= 15 is 0 Å². The highest BCUT2D eigenvalue weighted by molar-refractivity contribution is 8.00.